The summed E-state index contributed by atoms with van der Waals surface area (Å²) < 4.78 is 19.9. The number of fused-ring (bicyclic) bond motifs is 17. The van der Waals surface area contributed by atoms with E-state index < -0.39 is 0 Å². The monoisotopic (exact) mass is 1900 g/mol. The van der Waals surface area contributed by atoms with Gasteiger partial charge in [-0.25, -0.2) is 4.79 Å². The second kappa shape index (κ2) is 45.9. The Morgan fingerprint density at radius 2 is 0.566 bits per heavy atom. The first kappa shape index (κ1) is 97.7. The number of rotatable bonds is 55. The zero-order valence-electron chi connectivity index (χ0n) is 83.7. The van der Waals surface area contributed by atoms with Crippen molar-refractivity contribution in [3.05, 3.63) is 232 Å². The molecule has 15 aromatic rings. The summed E-state index contributed by atoms with van der Waals surface area (Å²) in [5.41, 5.74) is 25.5. The predicted octanol–water partition coefficient (Wildman–Crippen LogP) is 42.4. The highest BCUT2D eigenvalue weighted by Gasteiger charge is 2.47. The fourth-order valence-corrected chi connectivity index (χ4v) is 29.8. The lowest BCUT2D eigenvalue weighted by Gasteiger charge is -2.34. The molecule has 0 radical (unpaired) electrons. The molecule has 136 heavy (non-hydrogen) atoms. The summed E-state index contributed by atoms with van der Waals surface area (Å²) in [6, 6.07) is 76.1. The van der Waals surface area contributed by atoms with Crippen LogP contribution in [0.4, 0.5) is 0 Å². The molecule has 10 aromatic carbocycles. The molecule has 0 spiro atoms. The molecule has 3 nitrogen and oxygen atoms in total. The molecule has 0 saturated heterocycles. The Morgan fingerprint density at radius 3 is 0.971 bits per heavy atom. The van der Waals surface area contributed by atoms with E-state index in [1.807, 2.05) is 56.7 Å². The van der Waals surface area contributed by atoms with Crippen molar-refractivity contribution in [2.24, 2.45) is 0 Å². The second-order valence-corrected chi connectivity index (χ2v) is 47.4. The van der Waals surface area contributed by atoms with Crippen LogP contribution in [0.15, 0.2) is 194 Å². The van der Waals surface area contributed by atoms with Gasteiger partial charge in [-0.3, -0.25) is 0 Å². The summed E-state index contributed by atoms with van der Waals surface area (Å²) in [5.74, 6) is 0.703. The van der Waals surface area contributed by atoms with Crippen molar-refractivity contribution in [3.8, 4) is 81.6 Å². The maximum atomic E-state index is 11.6. The molecule has 5 heterocycles. The largest absolute Gasteiger partial charge is 0.494 e. The number of esters is 1. The van der Waals surface area contributed by atoms with Crippen molar-refractivity contribution in [1.29, 1.82) is 0 Å². The lowest BCUT2D eigenvalue weighted by molar-refractivity contribution is -0.139. The average molecular weight is 1900 g/mol. The number of hydrogen-bond acceptors (Lipinski definition) is 8. The minimum Gasteiger partial charge on any atom is -0.494 e. The molecule has 0 fully saturated rings. The molecule has 3 aliphatic carbocycles. The zero-order valence-corrected chi connectivity index (χ0v) is 87.8. The van der Waals surface area contributed by atoms with Crippen LogP contribution in [-0.4, -0.2) is 19.2 Å². The van der Waals surface area contributed by atoms with Crippen LogP contribution in [-0.2, 0) is 25.8 Å². The number of carbonyl (C=O) groups is 1. The van der Waals surface area contributed by atoms with Crippen LogP contribution >= 0.6 is 56.7 Å². The van der Waals surface area contributed by atoms with Crippen molar-refractivity contribution in [3.63, 3.8) is 0 Å². The van der Waals surface area contributed by atoms with E-state index in [0.29, 0.717) is 12.2 Å². The van der Waals surface area contributed by atoms with Crippen LogP contribution < -0.4 is 4.74 Å². The molecule has 0 saturated carbocycles. The summed E-state index contributed by atoms with van der Waals surface area (Å²) in [4.78, 5) is 17.2. The van der Waals surface area contributed by atoms with Gasteiger partial charge in [-0.15, -0.1) is 56.7 Å². The number of unbranched alkanes of at least 4 members (excludes halogenated alkanes) is 33. The highest BCUT2D eigenvalue weighted by molar-refractivity contribution is 7.26. The van der Waals surface area contributed by atoms with E-state index in [-0.39, 0.29) is 22.2 Å². The fourth-order valence-electron chi connectivity index (χ4n) is 24.4. The first-order valence-electron chi connectivity index (χ1n) is 54.3. The van der Waals surface area contributed by atoms with Crippen LogP contribution in [0.2, 0.25) is 0 Å². The van der Waals surface area contributed by atoms with E-state index in [9.17, 15) is 4.79 Å². The first-order chi connectivity index (χ1) is 66.7. The average Bonchev–Trinajstić information content (AvgIpc) is 1.54. The predicted molar refractivity (Wildman–Crippen MR) is 601 cm³/mol. The Bertz CT molecular complexity index is 6510. The van der Waals surface area contributed by atoms with Gasteiger partial charge < -0.3 is 9.47 Å². The molecule has 0 atom stereocenters. The maximum Gasteiger partial charge on any atom is 0.333 e. The Balaban J connectivity index is 0.635. The van der Waals surface area contributed by atoms with E-state index in [2.05, 4.69) is 237 Å². The van der Waals surface area contributed by atoms with Gasteiger partial charge in [0, 0.05) is 80.3 Å². The fraction of sp³-hybridized carbons (Fsp3) is 0.461. The van der Waals surface area contributed by atoms with Crippen molar-refractivity contribution in [2.45, 2.75) is 367 Å². The molecule has 18 rings (SSSR count). The standard InChI is InChI=1S/C128H152O3S5/c1-10-16-22-26-36-44-64-127(65-45-37-27-23-17-11-2)112-75-93(116-81-98-84-119-97(70-89(9)132-119)80-120(98)133-116)53-58-104(112)108-71-95-78-115-109(72-96(95)77-114(108)127)105-59-54-94(76-113(105)128(115,66-46-38-28-24-18-12-3)67-47-39-29-25-19-13-4)118-83-100-86-121-99(85-122(100)135-118)82-117(134-121)92-52-57-103-102-56-50-90(73-110(102)126(111(103)74-92,62-42-20-14-5)63-43-21-15-6)91-51-60-106-107-61-55-101(87-124(107)136-123(106)79-91)130-68-48-40-34-32-30-31-33-35-41-49-69-131-125(129)88(7)8/h50-61,70-87H,7,10-49,62-69H2,1-6,8-9H3. The third-order valence-corrected chi connectivity index (χ3v) is 37.4. The lowest BCUT2D eigenvalue weighted by Crippen LogP contribution is -2.26. The Labute approximate surface area is 835 Å². The molecule has 0 bridgehead atoms. The van der Waals surface area contributed by atoms with Crippen molar-refractivity contribution in [1.82, 2.24) is 0 Å². The van der Waals surface area contributed by atoms with Crippen LogP contribution in [0.5, 0.6) is 5.75 Å². The lowest BCUT2D eigenvalue weighted by atomic mass is 9.69. The molecule has 0 unspecified atom stereocenters. The molecule has 712 valence electrons. The first-order valence-corrected chi connectivity index (χ1v) is 58.4. The minimum atomic E-state index is -0.273. The van der Waals surface area contributed by atoms with Crippen LogP contribution in [0.25, 0.3) is 147 Å². The smallest absolute Gasteiger partial charge is 0.333 e. The van der Waals surface area contributed by atoms with Gasteiger partial charge in [0.2, 0.25) is 0 Å². The number of benzene rings is 10. The highest BCUT2D eigenvalue weighted by atomic mass is 32.1. The van der Waals surface area contributed by atoms with Gasteiger partial charge in [-0.1, -0.05) is 353 Å². The van der Waals surface area contributed by atoms with E-state index in [0.717, 1.165) is 31.6 Å². The summed E-state index contributed by atoms with van der Waals surface area (Å²) in [6.45, 7) is 23.1. The molecule has 3 aliphatic rings. The normalized spacial score (nSPS) is 13.8. The molecule has 0 amide bonds. The molecule has 0 aliphatic heterocycles. The number of thiophene rings is 5. The molecule has 8 heteroatoms. The minimum absolute atomic E-state index is 0.0479. The van der Waals surface area contributed by atoms with Gasteiger partial charge in [0.25, 0.3) is 0 Å². The Hall–Kier alpha value is -8.47. The molecule has 5 aromatic heterocycles. The molecular weight excluding hydrogens is 1750 g/mol. The van der Waals surface area contributed by atoms with Gasteiger partial charge in [0.15, 0.2) is 0 Å². The maximum absolute atomic E-state index is 11.6. The Morgan fingerprint density at radius 1 is 0.265 bits per heavy atom. The van der Waals surface area contributed by atoms with Crippen molar-refractivity contribution < 1.29 is 14.3 Å². The number of carbonyl (C=O) groups excluding carboxylic acids is 1. The van der Waals surface area contributed by atoms with Crippen LogP contribution in [0.1, 0.15) is 382 Å². The number of ether oxygens (including phenoxy) is 2. The summed E-state index contributed by atoms with van der Waals surface area (Å²) in [5, 5.41) is 11.0. The van der Waals surface area contributed by atoms with Crippen molar-refractivity contribution in [2.75, 3.05) is 13.2 Å². The third kappa shape index (κ3) is 21.3. The molecular formula is C128H152O3S5. The second-order valence-electron chi connectivity index (χ2n) is 41.7. The number of hydrogen-bond donors (Lipinski definition) is 0. The summed E-state index contributed by atoms with van der Waals surface area (Å²) in [7, 11) is 0. The highest BCUT2D eigenvalue weighted by Crippen LogP contribution is 2.62. The quantitative estimate of drug-likeness (QED) is 0.0217. The zero-order chi connectivity index (χ0) is 93.5. The summed E-state index contributed by atoms with van der Waals surface area (Å²) in [6.07, 6.45) is 57.9. The number of aryl methyl sites for hydroxylation is 1. The van der Waals surface area contributed by atoms with Crippen LogP contribution in [0.3, 0.4) is 0 Å². The van der Waals surface area contributed by atoms with E-state index in [1.165, 1.54) is 428 Å². The van der Waals surface area contributed by atoms with Crippen LogP contribution in [0, 0.1) is 6.92 Å². The topological polar surface area (TPSA) is 35.5 Å². The van der Waals surface area contributed by atoms with Gasteiger partial charge in [-0.05, 0) is 313 Å². The van der Waals surface area contributed by atoms with E-state index >= 15 is 0 Å². The van der Waals surface area contributed by atoms with E-state index in [1.54, 1.807) is 40.3 Å². The van der Waals surface area contributed by atoms with Gasteiger partial charge >= 0.3 is 5.97 Å². The van der Waals surface area contributed by atoms with Gasteiger partial charge in [-0.2, -0.15) is 0 Å². The SMILES string of the molecule is C=C(C)C(=O)OCCCCCCCCCCCCOc1ccc2c(c1)sc1cc(-c3ccc4c(c3)C(CCCCC)(CCCCC)c3cc(-c5cc6cc7sc(-c8ccc9c(c8)C(CCCCCCCC)(CCCCCCCC)c8cc%10cc%11c(cc%10cc8-9)C(CCCCCCCC)(CCCCCCCC)c8cc(-c9cc%10cc%12sc(C)cc%12cc%10s9)ccc8-%11)cc7cc6s5)ccc3-4)ccc12. The van der Waals surface area contributed by atoms with Crippen molar-refractivity contribution >= 4 is 134 Å². The van der Waals surface area contributed by atoms with Gasteiger partial charge in [0.05, 0.1) is 13.2 Å². The van der Waals surface area contributed by atoms with E-state index in [4.69, 9.17) is 9.47 Å². The van der Waals surface area contributed by atoms with Gasteiger partial charge in [0.1, 0.15) is 5.75 Å². The Kier molecular flexibility index (Phi) is 33.0. The third-order valence-electron chi connectivity index (χ3n) is 31.9. The summed E-state index contributed by atoms with van der Waals surface area (Å²) >= 11 is 9.86. The molecule has 0 N–H and O–H groups in total.